The number of ketones is 4. The topological polar surface area (TPSA) is 310 Å². The lowest BCUT2D eigenvalue weighted by Gasteiger charge is -2.56. The number of nitrogen functional groups attached to an aromatic ring is 1. The van der Waals surface area contributed by atoms with Gasteiger partial charge in [-0.1, -0.05) is 103 Å². The van der Waals surface area contributed by atoms with Gasteiger partial charge in [-0.3, -0.25) is 33.6 Å². The molecule has 504 valence electrons. The summed E-state index contributed by atoms with van der Waals surface area (Å²) < 4.78 is 11.2. The molecule has 0 saturated heterocycles. The van der Waals surface area contributed by atoms with Crippen LogP contribution in [-0.2, 0) is 79.7 Å². The first-order valence-electron chi connectivity index (χ1n) is 34.2. The van der Waals surface area contributed by atoms with Gasteiger partial charge in [0.25, 0.3) is 0 Å². The smallest absolute Gasteiger partial charge is 0.407 e. The van der Waals surface area contributed by atoms with Crippen LogP contribution in [0.2, 0.25) is 0 Å². The second kappa shape index (κ2) is 32.1. The number of benzene rings is 3. The molecule has 5 aliphatic rings. The second-order valence-electron chi connectivity index (χ2n) is 28.5. The Morgan fingerprint density at radius 3 is 1.97 bits per heavy atom. The fraction of sp³-hybridized carbons (Fsp3) is 0.608. The van der Waals surface area contributed by atoms with Crippen molar-refractivity contribution in [1.29, 1.82) is 0 Å². The van der Waals surface area contributed by atoms with Crippen molar-refractivity contribution in [3.05, 3.63) is 94.0 Å². The zero-order valence-electron chi connectivity index (χ0n) is 55.8. The maximum atomic E-state index is 14.9. The normalized spacial score (nSPS) is 24.8. The number of ether oxygens (including phenoxy) is 2. The Labute approximate surface area is 549 Å². The summed E-state index contributed by atoms with van der Waals surface area (Å²) in [5.41, 5.74) is 23.6. The molecule has 0 aromatic heterocycles. The van der Waals surface area contributed by atoms with Crippen LogP contribution in [-0.4, -0.2) is 97.4 Å². The number of nitrogens with two attached hydrogens (primary N) is 3. The Bertz CT molecular complexity index is 3280. The number of aryl methyl sites for hydroxylation is 2. The number of unbranched alkanes of at least 4 members (excludes halogenated alkanes) is 1. The number of nitrogens with one attached hydrogen (secondary N) is 5. The molecule has 10 atom stereocenters. The van der Waals surface area contributed by atoms with Crippen LogP contribution < -0.4 is 43.8 Å². The highest BCUT2D eigenvalue weighted by atomic mass is 16.5. The number of fused-ring (bicyclic) bond motifs is 6. The minimum absolute atomic E-state index is 0.0284. The van der Waals surface area contributed by atoms with Gasteiger partial charge in [0.15, 0.2) is 11.6 Å². The van der Waals surface area contributed by atoms with E-state index in [4.69, 9.17) is 26.7 Å². The van der Waals surface area contributed by atoms with E-state index in [9.17, 15) is 43.2 Å². The van der Waals surface area contributed by atoms with E-state index in [1.165, 1.54) is 16.7 Å². The minimum Gasteiger partial charge on any atom is -0.445 e. The molecule has 3 aromatic rings. The third-order valence-electron chi connectivity index (χ3n) is 21.5. The van der Waals surface area contributed by atoms with Crippen molar-refractivity contribution in [2.24, 2.45) is 46.0 Å². The fourth-order valence-corrected chi connectivity index (χ4v) is 16.2. The summed E-state index contributed by atoms with van der Waals surface area (Å²) in [6, 6.07) is 16.5. The quantitative estimate of drug-likeness (QED) is 0.0134. The van der Waals surface area contributed by atoms with Gasteiger partial charge in [-0.25, -0.2) is 9.59 Å². The van der Waals surface area contributed by atoms with Crippen LogP contribution in [0.5, 0.6) is 0 Å². The van der Waals surface area contributed by atoms with E-state index in [0.717, 1.165) is 113 Å². The summed E-state index contributed by atoms with van der Waals surface area (Å²) in [5, 5.41) is 13.6. The largest absolute Gasteiger partial charge is 0.445 e. The van der Waals surface area contributed by atoms with Gasteiger partial charge in [-0.2, -0.15) is 0 Å². The van der Waals surface area contributed by atoms with Gasteiger partial charge in [0, 0.05) is 60.5 Å². The van der Waals surface area contributed by atoms with Crippen LogP contribution in [0, 0.1) is 46.3 Å². The van der Waals surface area contributed by atoms with Crippen LogP contribution in [0.3, 0.4) is 0 Å². The third kappa shape index (κ3) is 18.1. The minimum atomic E-state index is -0.933. The van der Waals surface area contributed by atoms with E-state index >= 15 is 0 Å². The monoisotopic (exact) mass is 1280 g/mol. The first-order valence-corrected chi connectivity index (χ1v) is 34.2. The van der Waals surface area contributed by atoms with E-state index in [0.29, 0.717) is 43.5 Å². The van der Waals surface area contributed by atoms with Crippen molar-refractivity contribution >= 4 is 64.4 Å². The average molecular weight is 1280 g/mol. The molecule has 1 unspecified atom stereocenters. The molecule has 0 heterocycles. The lowest BCUT2D eigenvalue weighted by molar-refractivity contribution is -0.146. The molecule has 11 N–H and O–H groups in total. The number of primary amides is 1. The van der Waals surface area contributed by atoms with Crippen LogP contribution in [0.15, 0.2) is 60.7 Å². The number of amides is 6. The molecule has 2 saturated carbocycles. The van der Waals surface area contributed by atoms with E-state index in [2.05, 4.69) is 90.4 Å². The number of urea groups is 1. The number of anilines is 2. The van der Waals surface area contributed by atoms with Crippen LogP contribution in [0.25, 0.3) is 0 Å². The molecule has 0 spiro atoms. The predicted molar refractivity (Wildman–Crippen MR) is 358 cm³/mol. The molecule has 19 heteroatoms. The summed E-state index contributed by atoms with van der Waals surface area (Å²) in [5.74, 6) is 3.55. The summed E-state index contributed by atoms with van der Waals surface area (Å²) in [6.45, 7) is 12.5. The molecule has 3 aromatic carbocycles. The number of hydrogen-bond acceptors (Lipinski definition) is 13. The van der Waals surface area contributed by atoms with E-state index in [1.807, 2.05) is 12.1 Å². The SMILES string of the molecule is CC(C)[C@H](NC(=O)[C@H](N)CCCCNC(=O)COC1C#CCCCCC1)C(=O)C[C@@H](CCCNC(N)=O)C(=O)Nc1ccc(COC(=O)NCC(=O)Cc2ccc3c(c2)[C@@]2(C)CCC[C@](C)(C(=O)CC(=O)[C@@]4(C)CCC[C@]5(C)c6cc(N)ccc6CC[C@@H]45)[C@@H]2CC3)cc1. The van der Waals surface area contributed by atoms with Crippen LogP contribution in [0.1, 0.15) is 203 Å². The van der Waals surface area contributed by atoms with Gasteiger partial charge in [-0.05, 0) is 189 Å². The van der Waals surface area contributed by atoms with Gasteiger partial charge < -0.3 is 53.3 Å². The molecule has 8 rings (SSSR count). The van der Waals surface area contributed by atoms with Crippen molar-refractivity contribution in [1.82, 2.24) is 21.3 Å². The maximum absolute atomic E-state index is 14.9. The van der Waals surface area contributed by atoms with E-state index < -0.39 is 52.8 Å². The molecule has 0 aliphatic heterocycles. The van der Waals surface area contributed by atoms with Gasteiger partial charge >= 0.3 is 12.1 Å². The van der Waals surface area contributed by atoms with Crippen molar-refractivity contribution in [2.45, 2.75) is 225 Å². The Morgan fingerprint density at radius 2 is 1.31 bits per heavy atom. The summed E-state index contributed by atoms with van der Waals surface area (Å²) in [6.07, 6.45) is 14.3. The Kier molecular flexibility index (Phi) is 24.7. The summed E-state index contributed by atoms with van der Waals surface area (Å²) >= 11 is 0. The zero-order valence-corrected chi connectivity index (χ0v) is 55.8. The maximum Gasteiger partial charge on any atom is 0.407 e. The molecular weight excluding hydrogens is 1180 g/mol. The van der Waals surface area contributed by atoms with Gasteiger partial charge in [0.05, 0.1) is 25.0 Å². The molecular formula is C74H102N8O11. The van der Waals surface area contributed by atoms with Gasteiger partial charge in [0.1, 0.15) is 30.9 Å². The van der Waals surface area contributed by atoms with Crippen molar-refractivity contribution in [3.8, 4) is 11.8 Å². The number of carbonyl (C=O) groups excluding carboxylic acids is 9. The lowest BCUT2D eigenvalue weighted by atomic mass is 9.47. The Hall–Kier alpha value is -7.43. The lowest BCUT2D eigenvalue weighted by Crippen LogP contribution is -2.55. The van der Waals surface area contributed by atoms with Crippen molar-refractivity contribution in [3.63, 3.8) is 0 Å². The number of alkyl carbamates (subject to hydrolysis) is 1. The van der Waals surface area contributed by atoms with Crippen molar-refractivity contribution < 1.29 is 52.6 Å². The molecule has 5 aliphatic carbocycles. The van der Waals surface area contributed by atoms with E-state index in [-0.39, 0.29) is 116 Å². The first-order chi connectivity index (χ1) is 44.3. The highest BCUT2D eigenvalue weighted by Crippen LogP contribution is 2.60. The van der Waals surface area contributed by atoms with Gasteiger partial charge in [0.2, 0.25) is 17.7 Å². The number of Topliss-reactive ketones (excluding diaryl/α,β-unsaturated/α-hetero) is 4. The highest BCUT2D eigenvalue weighted by Gasteiger charge is 2.58. The highest BCUT2D eigenvalue weighted by molar-refractivity contribution is 6.04. The molecule has 6 amide bonds. The van der Waals surface area contributed by atoms with E-state index in [1.54, 1.807) is 38.1 Å². The predicted octanol–water partition coefficient (Wildman–Crippen LogP) is 9.63. The average Bonchev–Trinajstić information content (AvgIpc) is 0.729. The molecule has 2 fully saturated rings. The Balaban J connectivity index is 0.778. The third-order valence-corrected chi connectivity index (χ3v) is 21.5. The number of hydrogen-bond donors (Lipinski definition) is 8. The Morgan fingerprint density at radius 1 is 0.677 bits per heavy atom. The number of rotatable bonds is 30. The molecule has 0 radical (unpaired) electrons. The second-order valence-corrected chi connectivity index (χ2v) is 28.5. The molecule has 19 nitrogen and oxygen atoms in total. The molecule has 93 heavy (non-hydrogen) atoms. The van der Waals surface area contributed by atoms with Gasteiger partial charge in [-0.15, -0.1) is 5.92 Å². The van der Waals surface area contributed by atoms with Crippen LogP contribution in [0.4, 0.5) is 21.0 Å². The van der Waals surface area contributed by atoms with Crippen molar-refractivity contribution in [2.75, 3.05) is 37.3 Å². The molecule has 0 bridgehead atoms. The summed E-state index contributed by atoms with van der Waals surface area (Å²) in [4.78, 5) is 121. The van der Waals surface area contributed by atoms with Crippen LogP contribution >= 0.6 is 0 Å². The summed E-state index contributed by atoms with van der Waals surface area (Å²) in [7, 11) is 0. The number of carbonyl (C=O) groups is 9. The standard InChI is InChI=1S/C74H102N8O11/c1-47(2)66(82-68(89)59(76)20-12-13-37-78-65(87)46-92-56-18-10-8-7-9-11-19-56)60(84)41-52(17-14-38-79-69(77)90)67(88)81-54-29-22-48(23-30-54)45-93-70(91)80-44-55(83)39-49-21-24-50-26-31-61-71(3,57(50)40-49)33-15-35-73(61,5)63(85)43-64(86)74(6)36-16-34-72(4)58-42-53(75)28-25-51(58)27-32-62(72)74/h21-25,28-30,40,42,47,52,56,59,61-62,66H,7-10,12-18,20,26-27,31-39,41,43-46,75-76H2,1-6H3,(H,78,87)(H,80,91)(H,81,88)(H,82,89)(H3,77,79,90)/t52-,56?,59-,61-,62-,66+,71-,72-,73+,74+/m1/s1. The fourth-order valence-electron chi connectivity index (χ4n) is 16.2. The first kappa shape index (κ1) is 71.4. The zero-order chi connectivity index (χ0) is 67.1.